The van der Waals surface area contributed by atoms with Crippen molar-refractivity contribution < 1.29 is 71.7 Å². The minimum absolute atomic E-state index is 0.00701. The lowest BCUT2D eigenvalue weighted by Crippen LogP contribution is -2.46. The molecule has 3 aromatic rings. The molecule has 5 N–H and O–H groups in total. The molecular weight excluding hydrogens is 911 g/mol. The second kappa shape index (κ2) is 28.4. The van der Waals surface area contributed by atoms with Crippen LogP contribution < -0.4 is 26.4 Å². The zero-order valence-electron chi connectivity index (χ0n) is 38.0. The van der Waals surface area contributed by atoms with E-state index in [0.29, 0.717) is 29.9 Å². The normalized spacial score (nSPS) is 12.8. The number of esters is 1. The highest BCUT2D eigenvalue weighted by molar-refractivity contribution is 6.12. The first-order valence-corrected chi connectivity index (χ1v) is 21.8. The lowest BCUT2D eigenvalue weighted by molar-refractivity contribution is -0.384. The SMILES string of the molecule is CC(C)[C@H](NC(=O)OCCOCCn1cc(CCC(=O)OCCOCCN2C(=O)C=CC2=O)nn1)C(=O)C[C@@H](CCCNC(N)=O)C(=O)Nc1ccc(COC(=O)Oc2ccc([N+](=O)[O-])cc2)cc1. The third kappa shape index (κ3) is 19.9. The summed E-state index contributed by atoms with van der Waals surface area (Å²) in [6.45, 7) is 4.16. The van der Waals surface area contributed by atoms with Gasteiger partial charge in [0.25, 0.3) is 17.5 Å². The number of aryl methyl sites for hydroxylation is 1. The van der Waals surface area contributed by atoms with Crippen LogP contribution in [0.4, 0.5) is 25.8 Å². The largest absolute Gasteiger partial charge is 0.514 e. The number of nitrogens with two attached hydrogens (primary N) is 1. The van der Waals surface area contributed by atoms with E-state index < -0.39 is 64.6 Å². The molecule has 69 heavy (non-hydrogen) atoms. The van der Waals surface area contributed by atoms with Gasteiger partial charge in [0.2, 0.25) is 5.91 Å². The highest BCUT2D eigenvalue weighted by Crippen LogP contribution is 2.21. The summed E-state index contributed by atoms with van der Waals surface area (Å²) in [5, 5.41) is 26.7. The summed E-state index contributed by atoms with van der Waals surface area (Å²) in [4.78, 5) is 110. The molecule has 0 saturated carbocycles. The number of nitrogens with zero attached hydrogens (tertiary/aromatic N) is 5. The number of benzene rings is 2. The number of primary amides is 1. The van der Waals surface area contributed by atoms with Crippen molar-refractivity contribution in [3.8, 4) is 5.75 Å². The van der Waals surface area contributed by atoms with Crippen LogP contribution in [0.3, 0.4) is 0 Å². The van der Waals surface area contributed by atoms with Crippen LogP contribution in [0.1, 0.15) is 50.8 Å². The Labute approximate surface area is 395 Å². The van der Waals surface area contributed by atoms with Gasteiger partial charge in [0.05, 0.1) is 62.6 Å². The molecule has 1 aromatic heterocycles. The van der Waals surface area contributed by atoms with Crippen LogP contribution in [0.25, 0.3) is 0 Å². The number of nitro benzene ring substituents is 1. The average Bonchev–Trinajstić information content (AvgIpc) is 3.91. The number of carbonyl (C=O) groups excluding carboxylic acids is 8. The Morgan fingerprint density at radius 2 is 1.51 bits per heavy atom. The van der Waals surface area contributed by atoms with Crippen molar-refractivity contribution in [2.24, 2.45) is 17.6 Å². The van der Waals surface area contributed by atoms with Crippen molar-refractivity contribution >= 4 is 59.1 Å². The van der Waals surface area contributed by atoms with Gasteiger partial charge in [-0.05, 0) is 48.6 Å². The van der Waals surface area contributed by atoms with E-state index in [1.807, 2.05) is 0 Å². The Hall–Kier alpha value is -7.80. The van der Waals surface area contributed by atoms with Crippen LogP contribution in [0.15, 0.2) is 66.9 Å². The summed E-state index contributed by atoms with van der Waals surface area (Å²) < 4.78 is 32.9. The molecule has 2 heterocycles. The predicted octanol–water partition coefficient (Wildman–Crippen LogP) is 2.75. The fourth-order valence-corrected chi connectivity index (χ4v) is 6.32. The molecule has 25 nitrogen and oxygen atoms in total. The summed E-state index contributed by atoms with van der Waals surface area (Å²) in [6, 6.07) is 9.44. The summed E-state index contributed by atoms with van der Waals surface area (Å²) in [7, 11) is 0. The van der Waals surface area contributed by atoms with E-state index in [1.54, 1.807) is 44.3 Å². The third-order valence-corrected chi connectivity index (χ3v) is 9.91. The summed E-state index contributed by atoms with van der Waals surface area (Å²) in [6.07, 6.45) is 2.72. The number of rotatable bonds is 30. The molecule has 2 aromatic carbocycles. The predicted molar refractivity (Wildman–Crippen MR) is 239 cm³/mol. The number of hydrogen-bond acceptors (Lipinski definition) is 18. The molecule has 1 aliphatic rings. The fourth-order valence-electron chi connectivity index (χ4n) is 6.32. The number of anilines is 1. The first kappa shape index (κ1) is 53.8. The zero-order valence-corrected chi connectivity index (χ0v) is 38.0. The third-order valence-electron chi connectivity index (χ3n) is 9.91. The van der Waals surface area contributed by atoms with Crippen molar-refractivity contribution in [1.82, 2.24) is 30.5 Å². The molecule has 0 bridgehead atoms. The van der Waals surface area contributed by atoms with E-state index >= 15 is 0 Å². The van der Waals surface area contributed by atoms with Gasteiger partial charge in [-0.3, -0.25) is 39.0 Å². The van der Waals surface area contributed by atoms with Gasteiger partial charge in [0.1, 0.15) is 25.6 Å². The van der Waals surface area contributed by atoms with Crippen LogP contribution in [0.5, 0.6) is 5.75 Å². The van der Waals surface area contributed by atoms with Gasteiger partial charge >= 0.3 is 24.2 Å². The van der Waals surface area contributed by atoms with Gasteiger partial charge in [-0.15, -0.1) is 5.10 Å². The maximum atomic E-state index is 13.6. The Morgan fingerprint density at radius 1 is 0.841 bits per heavy atom. The quantitative estimate of drug-likeness (QED) is 0.0142. The molecule has 4 rings (SSSR count). The van der Waals surface area contributed by atoms with Crippen molar-refractivity contribution in [3.63, 3.8) is 0 Å². The van der Waals surface area contributed by atoms with Crippen LogP contribution >= 0.6 is 0 Å². The smallest absolute Gasteiger partial charge is 0.463 e. The Bertz CT molecular complexity index is 2250. The first-order valence-electron chi connectivity index (χ1n) is 21.8. The topological polar surface area (TPSA) is 331 Å². The van der Waals surface area contributed by atoms with Crippen LogP contribution in [-0.2, 0) is 67.2 Å². The number of amides is 6. The Balaban J connectivity index is 1.13. The van der Waals surface area contributed by atoms with Crippen molar-refractivity contribution in [2.75, 3.05) is 58.0 Å². The van der Waals surface area contributed by atoms with E-state index in [0.717, 1.165) is 4.90 Å². The van der Waals surface area contributed by atoms with E-state index in [4.69, 9.17) is 34.2 Å². The molecule has 0 fully saturated rings. The van der Waals surface area contributed by atoms with Crippen LogP contribution in [0.2, 0.25) is 0 Å². The molecule has 2 atom stereocenters. The molecule has 372 valence electrons. The number of nitrogens with one attached hydrogen (secondary N) is 3. The minimum atomic E-state index is -1.04. The standard InChI is InChI=1S/C44H55N9O16/c1-29(2)40(48-43(60)67-25-23-64-20-18-51-27-33(49-50-51)9-16-39(57)66-24-22-65-21-19-52-37(55)14-15-38(52)56)36(54)26-31(4-3-17-46-42(45)59)41(58)47-32-7-5-30(6-8-32)28-68-44(61)69-35-12-10-34(11-13-35)53(62)63/h5-8,10-15,27,29,31,40H,3-4,9,16-26,28H2,1-2H3,(H,47,58)(H,48,60)(H3,45,46,59)/t31-,40+/m1/s1. The maximum absolute atomic E-state index is 13.6. The first-order chi connectivity index (χ1) is 33.1. The number of alkyl carbamates (subject to hydrolysis) is 1. The van der Waals surface area contributed by atoms with Crippen molar-refractivity contribution in [2.45, 2.75) is 65.1 Å². The highest BCUT2D eigenvalue weighted by Gasteiger charge is 2.30. The van der Waals surface area contributed by atoms with Gasteiger partial charge in [0.15, 0.2) is 5.78 Å². The van der Waals surface area contributed by atoms with Gasteiger partial charge in [-0.25, -0.2) is 19.1 Å². The number of nitro groups is 1. The summed E-state index contributed by atoms with van der Waals surface area (Å²) >= 11 is 0. The van der Waals surface area contributed by atoms with Gasteiger partial charge in [0, 0.05) is 61.5 Å². The lowest BCUT2D eigenvalue weighted by Gasteiger charge is -2.24. The minimum Gasteiger partial charge on any atom is -0.463 e. The number of carbonyl (C=O) groups is 8. The molecule has 0 aliphatic carbocycles. The number of ether oxygens (including phenoxy) is 6. The maximum Gasteiger partial charge on any atom is 0.514 e. The van der Waals surface area contributed by atoms with Crippen molar-refractivity contribution in [1.29, 1.82) is 0 Å². The highest BCUT2D eigenvalue weighted by atomic mass is 16.7. The average molecular weight is 966 g/mol. The van der Waals surface area contributed by atoms with Gasteiger partial charge in [-0.2, -0.15) is 0 Å². The van der Waals surface area contributed by atoms with Crippen molar-refractivity contribution in [3.05, 3.63) is 88.3 Å². The number of imide groups is 1. The number of ketones is 1. The van der Waals surface area contributed by atoms with Gasteiger partial charge < -0.3 is 50.1 Å². The second-order valence-corrected chi connectivity index (χ2v) is 15.5. The van der Waals surface area contributed by atoms with E-state index in [2.05, 4.69) is 26.3 Å². The number of Topliss-reactive ketones (excluding diaryl/α,β-unsaturated/α-hetero) is 1. The van der Waals surface area contributed by atoms with Crippen LogP contribution in [0, 0.1) is 22.0 Å². The molecule has 1 aliphatic heterocycles. The number of non-ortho nitro benzene ring substituents is 1. The van der Waals surface area contributed by atoms with E-state index in [9.17, 15) is 48.5 Å². The molecular formula is C44H55N9O16. The van der Waals surface area contributed by atoms with E-state index in [1.165, 1.54) is 41.1 Å². The summed E-state index contributed by atoms with van der Waals surface area (Å²) in [5.74, 6) is -3.37. The molecule has 0 radical (unpaired) electrons. The lowest BCUT2D eigenvalue weighted by atomic mass is 9.89. The van der Waals surface area contributed by atoms with Crippen LogP contribution in [-0.4, -0.2) is 131 Å². The molecule has 25 heteroatoms. The van der Waals surface area contributed by atoms with E-state index in [-0.39, 0.29) is 102 Å². The Kier molecular flexibility index (Phi) is 22.1. The molecule has 0 unspecified atom stereocenters. The monoisotopic (exact) mass is 965 g/mol. The number of aromatic nitrogens is 3. The molecule has 0 saturated heterocycles. The molecule has 0 spiro atoms. The zero-order chi connectivity index (χ0) is 50.1. The molecule has 6 amide bonds. The number of urea groups is 1. The summed E-state index contributed by atoms with van der Waals surface area (Å²) in [5.41, 5.74) is 6.48. The fraction of sp³-hybridized carbons (Fsp3) is 0.455. The Morgan fingerprint density at radius 3 is 2.16 bits per heavy atom. The second-order valence-electron chi connectivity index (χ2n) is 15.5. The number of hydrogen-bond donors (Lipinski definition) is 4. The van der Waals surface area contributed by atoms with Gasteiger partial charge in [-0.1, -0.05) is 31.2 Å².